The van der Waals surface area contributed by atoms with Crippen molar-refractivity contribution in [2.24, 2.45) is 4.99 Å². The normalized spacial score (nSPS) is 10.4. The number of rotatable bonds is 7. The molecule has 0 aromatic carbocycles. The van der Waals surface area contributed by atoms with E-state index in [9.17, 15) is 4.79 Å². The Balaban J connectivity index is 3.35. The highest BCUT2D eigenvalue weighted by Crippen LogP contribution is 1.92. The molecule has 0 unspecified atom stereocenters. The number of carbonyl (C=O) groups is 1. The quantitative estimate of drug-likeness (QED) is 0.377. The van der Waals surface area contributed by atoms with Gasteiger partial charge in [0.25, 0.3) is 0 Å². The van der Waals surface area contributed by atoms with E-state index in [0.29, 0.717) is 12.1 Å². The molecule has 0 saturated carbocycles. The molecule has 80 valence electrons. The fourth-order valence-corrected chi connectivity index (χ4v) is 0.898. The first-order chi connectivity index (χ1) is 6.68. The minimum Gasteiger partial charge on any atom is -0.347 e. The number of unbranched alkanes of at least 4 members (excludes halogenated alkanes) is 2. The van der Waals surface area contributed by atoms with E-state index in [4.69, 9.17) is 0 Å². The van der Waals surface area contributed by atoms with Crippen molar-refractivity contribution in [1.29, 1.82) is 0 Å². The van der Waals surface area contributed by atoms with Gasteiger partial charge in [-0.3, -0.25) is 9.79 Å². The van der Waals surface area contributed by atoms with Gasteiger partial charge in [-0.1, -0.05) is 26.3 Å². The molecule has 0 bridgehead atoms. The number of aliphatic imine (C=N–C) groups is 1. The van der Waals surface area contributed by atoms with Gasteiger partial charge in [0.05, 0.1) is 6.54 Å². The van der Waals surface area contributed by atoms with Crippen molar-refractivity contribution in [3.63, 3.8) is 0 Å². The fraction of sp³-hybridized carbons (Fsp3) is 0.636. The minimum absolute atomic E-state index is 0.106. The second kappa shape index (κ2) is 8.48. The average Bonchev–Trinajstić information content (AvgIpc) is 2.16. The van der Waals surface area contributed by atoms with Gasteiger partial charge in [-0.2, -0.15) is 0 Å². The van der Waals surface area contributed by atoms with Crippen molar-refractivity contribution < 1.29 is 4.79 Å². The minimum atomic E-state index is -0.106. The second-order valence-electron chi connectivity index (χ2n) is 3.29. The third-order valence-electron chi connectivity index (χ3n) is 1.76. The third-order valence-corrected chi connectivity index (χ3v) is 1.76. The van der Waals surface area contributed by atoms with Crippen LogP contribution in [0.5, 0.6) is 0 Å². The number of hydrogen-bond donors (Lipinski definition) is 1. The summed E-state index contributed by atoms with van der Waals surface area (Å²) in [5.41, 5.74) is 0.532. The van der Waals surface area contributed by atoms with Gasteiger partial charge in [-0.25, -0.2) is 0 Å². The summed E-state index contributed by atoms with van der Waals surface area (Å²) in [7, 11) is 0. The first kappa shape index (κ1) is 12.9. The van der Waals surface area contributed by atoms with Crippen LogP contribution in [-0.4, -0.2) is 25.2 Å². The van der Waals surface area contributed by atoms with Crippen molar-refractivity contribution in [2.75, 3.05) is 13.1 Å². The van der Waals surface area contributed by atoms with Crippen LogP contribution in [0.4, 0.5) is 0 Å². The van der Waals surface area contributed by atoms with Crippen molar-refractivity contribution in [2.45, 2.75) is 33.1 Å². The molecule has 3 heteroatoms. The highest BCUT2D eigenvalue weighted by Gasteiger charge is 1.96. The first-order valence-corrected chi connectivity index (χ1v) is 5.10. The summed E-state index contributed by atoms with van der Waals surface area (Å²) in [6, 6.07) is 0. The van der Waals surface area contributed by atoms with Gasteiger partial charge in [0.15, 0.2) is 0 Å². The molecule has 0 radical (unpaired) electrons. The molecule has 1 N–H and O–H groups in total. The van der Waals surface area contributed by atoms with E-state index in [2.05, 4.69) is 23.8 Å². The maximum absolute atomic E-state index is 11.0. The average molecular weight is 196 g/mol. The molecular formula is C11H20N2O. The predicted octanol–water partition coefficient (Wildman–Crippen LogP) is 1.94. The lowest BCUT2D eigenvalue weighted by Crippen LogP contribution is -2.25. The van der Waals surface area contributed by atoms with Crippen molar-refractivity contribution in [3.05, 3.63) is 12.2 Å². The summed E-state index contributed by atoms with van der Waals surface area (Å²) in [6.07, 6.45) is 5.30. The molecule has 0 fully saturated rings. The van der Waals surface area contributed by atoms with E-state index in [1.54, 1.807) is 13.1 Å². The van der Waals surface area contributed by atoms with E-state index in [1.165, 1.54) is 12.8 Å². The van der Waals surface area contributed by atoms with Crippen LogP contribution in [-0.2, 0) is 4.79 Å². The highest BCUT2D eigenvalue weighted by molar-refractivity contribution is 5.93. The van der Waals surface area contributed by atoms with Crippen LogP contribution in [0.3, 0.4) is 0 Å². The topological polar surface area (TPSA) is 41.5 Å². The van der Waals surface area contributed by atoms with E-state index in [1.807, 2.05) is 0 Å². The third kappa shape index (κ3) is 7.53. The molecule has 14 heavy (non-hydrogen) atoms. The Morgan fingerprint density at radius 2 is 2.21 bits per heavy atom. The molecule has 0 spiro atoms. The standard InChI is InChI=1S/C11H20N2O/c1-4-5-6-7-12-8-9-13-11(14)10(2)3/h8H,2,4-7,9H2,1,3H3,(H,13,14). The van der Waals surface area contributed by atoms with Gasteiger partial charge in [0.1, 0.15) is 0 Å². The Labute approximate surface area is 86.3 Å². The SMILES string of the molecule is C=C(C)C(=O)NCC=NCCCCC. The van der Waals surface area contributed by atoms with Gasteiger partial charge in [0, 0.05) is 18.3 Å². The van der Waals surface area contributed by atoms with Crippen molar-refractivity contribution in [3.8, 4) is 0 Å². The van der Waals surface area contributed by atoms with E-state index >= 15 is 0 Å². The lowest BCUT2D eigenvalue weighted by Gasteiger charge is -1.99. The Kier molecular flexibility index (Phi) is 7.80. The number of nitrogens with zero attached hydrogens (tertiary/aromatic N) is 1. The largest absolute Gasteiger partial charge is 0.347 e. The fourth-order valence-electron chi connectivity index (χ4n) is 0.898. The summed E-state index contributed by atoms with van der Waals surface area (Å²) < 4.78 is 0. The summed E-state index contributed by atoms with van der Waals surface area (Å²) in [4.78, 5) is 15.2. The molecular weight excluding hydrogens is 176 g/mol. The zero-order valence-corrected chi connectivity index (χ0v) is 9.18. The molecule has 0 aromatic rings. The van der Waals surface area contributed by atoms with Crippen LogP contribution in [0.2, 0.25) is 0 Å². The molecule has 0 aliphatic carbocycles. The molecule has 0 aliphatic heterocycles. The van der Waals surface area contributed by atoms with Gasteiger partial charge >= 0.3 is 0 Å². The zero-order valence-electron chi connectivity index (χ0n) is 9.18. The smallest absolute Gasteiger partial charge is 0.246 e. The maximum atomic E-state index is 11.0. The molecule has 0 heterocycles. The molecule has 0 saturated heterocycles. The Morgan fingerprint density at radius 3 is 2.79 bits per heavy atom. The van der Waals surface area contributed by atoms with E-state index < -0.39 is 0 Å². The molecule has 1 amide bonds. The molecule has 3 nitrogen and oxygen atoms in total. The lowest BCUT2D eigenvalue weighted by atomic mass is 10.2. The maximum Gasteiger partial charge on any atom is 0.246 e. The van der Waals surface area contributed by atoms with Gasteiger partial charge < -0.3 is 5.32 Å². The Morgan fingerprint density at radius 1 is 1.50 bits per heavy atom. The first-order valence-electron chi connectivity index (χ1n) is 5.10. The van der Waals surface area contributed by atoms with Crippen LogP contribution < -0.4 is 5.32 Å². The lowest BCUT2D eigenvalue weighted by molar-refractivity contribution is -0.117. The highest BCUT2D eigenvalue weighted by atomic mass is 16.1. The summed E-state index contributed by atoms with van der Waals surface area (Å²) >= 11 is 0. The number of nitrogens with one attached hydrogen (secondary N) is 1. The van der Waals surface area contributed by atoms with Crippen molar-refractivity contribution >= 4 is 12.1 Å². The van der Waals surface area contributed by atoms with Crippen LogP contribution in [0.1, 0.15) is 33.1 Å². The van der Waals surface area contributed by atoms with E-state index in [-0.39, 0.29) is 5.91 Å². The molecule has 0 atom stereocenters. The monoisotopic (exact) mass is 196 g/mol. The molecule has 0 aromatic heterocycles. The summed E-state index contributed by atoms with van der Waals surface area (Å²) in [6.45, 7) is 8.75. The van der Waals surface area contributed by atoms with Crippen LogP contribution in [0.15, 0.2) is 17.1 Å². The van der Waals surface area contributed by atoms with Crippen LogP contribution in [0, 0.1) is 0 Å². The second-order valence-corrected chi connectivity index (χ2v) is 3.29. The van der Waals surface area contributed by atoms with Crippen LogP contribution in [0.25, 0.3) is 0 Å². The number of carbonyl (C=O) groups excluding carboxylic acids is 1. The van der Waals surface area contributed by atoms with Crippen molar-refractivity contribution in [1.82, 2.24) is 5.32 Å². The van der Waals surface area contributed by atoms with Crippen LogP contribution >= 0.6 is 0 Å². The van der Waals surface area contributed by atoms with Gasteiger partial charge in [-0.05, 0) is 13.3 Å². The molecule has 0 rings (SSSR count). The predicted molar refractivity (Wildman–Crippen MR) is 60.7 cm³/mol. The van der Waals surface area contributed by atoms with Gasteiger partial charge in [0.2, 0.25) is 5.91 Å². The molecule has 0 aliphatic rings. The summed E-state index contributed by atoms with van der Waals surface area (Å²) in [5.74, 6) is -0.106. The summed E-state index contributed by atoms with van der Waals surface area (Å²) in [5, 5.41) is 2.69. The van der Waals surface area contributed by atoms with Gasteiger partial charge in [-0.15, -0.1) is 0 Å². The Hall–Kier alpha value is -1.12. The van der Waals surface area contributed by atoms with E-state index in [0.717, 1.165) is 13.0 Å². The number of hydrogen-bond acceptors (Lipinski definition) is 2. The zero-order chi connectivity index (χ0) is 10.8. The Bertz CT molecular complexity index is 209. The number of amides is 1.